The third kappa shape index (κ3) is 3.24. The van der Waals surface area contributed by atoms with E-state index in [0.29, 0.717) is 18.2 Å². The van der Waals surface area contributed by atoms with E-state index in [2.05, 4.69) is 14.9 Å². The standard InChI is InChI=1S/C18H26N4O2/c23-16(21-8-1-2-9-21)12-15-13-18(24-14-15)4-10-22(11-5-18)17-19-6-3-7-20-17/h3,6-7,15H,1-2,4-5,8-14H2. The van der Waals surface area contributed by atoms with Gasteiger partial charge in [0.1, 0.15) is 0 Å². The third-order valence-electron chi connectivity index (χ3n) is 5.72. The van der Waals surface area contributed by atoms with Gasteiger partial charge >= 0.3 is 0 Å². The molecule has 6 nitrogen and oxygen atoms in total. The number of hydrogen-bond acceptors (Lipinski definition) is 5. The Morgan fingerprint density at radius 2 is 1.88 bits per heavy atom. The maximum atomic E-state index is 12.4. The maximum absolute atomic E-state index is 12.4. The highest BCUT2D eigenvalue weighted by atomic mass is 16.5. The van der Waals surface area contributed by atoms with E-state index in [-0.39, 0.29) is 5.60 Å². The van der Waals surface area contributed by atoms with Crippen molar-refractivity contribution in [2.45, 2.75) is 44.1 Å². The van der Waals surface area contributed by atoms with Crippen molar-refractivity contribution >= 4 is 11.9 Å². The van der Waals surface area contributed by atoms with Crippen LogP contribution in [0.1, 0.15) is 38.5 Å². The minimum atomic E-state index is -0.0266. The van der Waals surface area contributed by atoms with Crippen LogP contribution in [-0.4, -0.2) is 59.2 Å². The van der Waals surface area contributed by atoms with Crippen LogP contribution in [0.5, 0.6) is 0 Å². The van der Waals surface area contributed by atoms with Crippen LogP contribution in [0.3, 0.4) is 0 Å². The van der Waals surface area contributed by atoms with Crippen molar-refractivity contribution in [3.05, 3.63) is 18.5 Å². The molecule has 1 atom stereocenters. The second-order valence-electron chi connectivity index (χ2n) is 7.39. The molecular formula is C18H26N4O2. The lowest BCUT2D eigenvalue weighted by atomic mass is 9.84. The van der Waals surface area contributed by atoms with E-state index in [1.54, 1.807) is 12.4 Å². The van der Waals surface area contributed by atoms with Crippen LogP contribution in [0.4, 0.5) is 5.95 Å². The summed E-state index contributed by atoms with van der Waals surface area (Å²) in [5.41, 5.74) is -0.0266. The molecule has 0 aromatic carbocycles. The molecule has 130 valence electrons. The molecule has 3 aliphatic heterocycles. The maximum Gasteiger partial charge on any atom is 0.225 e. The zero-order valence-electron chi connectivity index (χ0n) is 14.2. The van der Waals surface area contributed by atoms with Crippen LogP contribution < -0.4 is 4.90 Å². The number of likely N-dealkylation sites (tertiary alicyclic amines) is 1. The van der Waals surface area contributed by atoms with Gasteiger partial charge in [0.15, 0.2) is 0 Å². The van der Waals surface area contributed by atoms with Crippen LogP contribution in [-0.2, 0) is 9.53 Å². The van der Waals surface area contributed by atoms with Gasteiger partial charge in [-0.1, -0.05) is 0 Å². The van der Waals surface area contributed by atoms with E-state index in [1.165, 1.54) is 0 Å². The first-order valence-corrected chi connectivity index (χ1v) is 9.18. The lowest BCUT2D eigenvalue weighted by Crippen LogP contribution is -2.44. The van der Waals surface area contributed by atoms with Gasteiger partial charge in [-0.3, -0.25) is 4.79 Å². The van der Waals surface area contributed by atoms with Crippen molar-refractivity contribution < 1.29 is 9.53 Å². The number of amides is 1. The average molecular weight is 330 g/mol. The summed E-state index contributed by atoms with van der Waals surface area (Å²) in [5, 5.41) is 0. The molecule has 1 amide bonds. The summed E-state index contributed by atoms with van der Waals surface area (Å²) < 4.78 is 6.20. The van der Waals surface area contributed by atoms with Crippen molar-refractivity contribution in [1.82, 2.24) is 14.9 Å². The number of carbonyl (C=O) groups excluding carboxylic acids is 1. The third-order valence-corrected chi connectivity index (χ3v) is 5.72. The van der Waals surface area contributed by atoms with Crippen LogP contribution >= 0.6 is 0 Å². The molecule has 6 heteroatoms. The Kier molecular flexibility index (Phi) is 4.39. The van der Waals surface area contributed by atoms with Crippen LogP contribution in [0.15, 0.2) is 18.5 Å². The molecule has 0 radical (unpaired) electrons. The van der Waals surface area contributed by atoms with E-state index in [4.69, 9.17) is 4.74 Å². The van der Waals surface area contributed by atoms with Gasteiger partial charge in [-0.2, -0.15) is 0 Å². The molecule has 3 fully saturated rings. The topological polar surface area (TPSA) is 58.6 Å². The first-order valence-electron chi connectivity index (χ1n) is 9.18. The van der Waals surface area contributed by atoms with E-state index in [1.807, 2.05) is 11.0 Å². The molecular weight excluding hydrogens is 304 g/mol. The van der Waals surface area contributed by atoms with Crippen molar-refractivity contribution in [3.8, 4) is 0 Å². The first kappa shape index (κ1) is 15.8. The monoisotopic (exact) mass is 330 g/mol. The Morgan fingerprint density at radius 3 is 2.58 bits per heavy atom. The molecule has 0 bridgehead atoms. The normalized spacial score (nSPS) is 26.2. The van der Waals surface area contributed by atoms with Crippen LogP contribution in [0.2, 0.25) is 0 Å². The van der Waals surface area contributed by atoms with Crippen LogP contribution in [0.25, 0.3) is 0 Å². The summed E-state index contributed by atoms with van der Waals surface area (Å²) in [5.74, 6) is 1.53. The number of anilines is 1. The average Bonchev–Trinajstić information content (AvgIpc) is 3.27. The van der Waals surface area contributed by atoms with Crippen molar-refractivity contribution in [3.63, 3.8) is 0 Å². The highest BCUT2D eigenvalue weighted by Crippen LogP contribution is 2.40. The van der Waals surface area contributed by atoms with Gasteiger partial charge in [-0.25, -0.2) is 9.97 Å². The molecule has 4 rings (SSSR count). The van der Waals surface area contributed by atoms with E-state index >= 15 is 0 Å². The molecule has 1 spiro atoms. The second kappa shape index (κ2) is 6.67. The van der Waals surface area contributed by atoms with E-state index in [9.17, 15) is 4.79 Å². The van der Waals surface area contributed by atoms with Crippen molar-refractivity contribution in [1.29, 1.82) is 0 Å². The smallest absolute Gasteiger partial charge is 0.225 e. The highest BCUT2D eigenvalue weighted by molar-refractivity contribution is 5.76. The fourth-order valence-electron chi connectivity index (χ4n) is 4.33. The predicted octanol–water partition coefficient (Wildman–Crippen LogP) is 1.86. The van der Waals surface area contributed by atoms with Crippen molar-refractivity contribution in [2.75, 3.05) is 37.7 Å². The highest BCUT2D eigenvalue weighted by Gasteiger charge is 2.43. The molecule has 1 unspecified atom stereocenters. The Morgan fingerprint density at radius 1 is 1.17 bits per heavy atom. The molecule has 0 N–H and O–H groups in total. The Balaban J connectivity index is 1.29. The Bertz CT molecular complexity index is 566. The number of ether oxygens (including phenoxy) is 1. The van der Waals surface area contributed by atoms with Gasteiger partial charge in [0.25, 0.3) is 0 Å². The molecule has 0 saturated carbocycles. The largest absolute Gasteiger partial charge is 0.375 e. The number of aromatic nitrogens is 2. The molecule has 4 heterocycles. The Hall–Kier alpha value is -1.69. The SMILES string of the molecule is O=C(CC1COC2(CCN(c3ncccn3)CC2)C1)N1CCCC1. The van der Waals surface area contributed by atoms with Gasteiger partial charge in [0.05, 0.1) is 12.2 Å². The number of piperidine rings is 1. The summed E-state index contributed by atoms with van der Waals surface area (Å²) in [7, 11) is 0. The molecule has 1 aromatic heterocycles. The lowest BCUT2D eigenvalue weighted by molar-refractivity contribution is -0.131. The van der Waals surface area contributed by atoms with Crippen LogP contribution in [0, 0.1) is 5.92 Å². The zero-order chi connectivity index (χ0) is 16.4. The lowest BCUT2D eigenvalue weighted by Gasteiger charge is -2.38. The van der Waals surface area contributed by atoms with Crippen molar-refractivity contribution in [2.24, 2.45) is 5.92 Å². The van der Waals surface area contributed by atoms with E-state index in [0.717, 1.165) is 70.8 Å². The van der Waals surface area contributed by atoms with Gasteiger partial charge in [-0.05, 0) is 44.1 Å². The number of carbonyl (C=O) groups is 1. The van der Waals surface area contributed by atoms with Gasteiger partial charge in [0, 0.05) is 45.0 Å². The number of nitrogens with zero attached hydrogens (tertiary/aromatic N) is 4. The minimum absolute atomic E-state index is 0.0266. The zero-order valence-corrected chi connectivity index (χ0v) is 14.2. The fraction of sp³-hybridized carbons (Fsp3) is 0.722. The number of hydrogen-bond donors (Lipinski definition) is 0. The van der Waals surface area contributed by atoms with Gasteiger partial charge in [0.2, 0.25) is 11.9 Å². The molecule has 0 aliphatic carbocycles. The summed E-state index contributed by atoms with van der Waals surface area (Å²) in [6, 6.07) is 1.84. The van der Waals surface area contributed by atoms with Gasteiger partial charge < -0.3 is 14.5 Å². The summed E-state index contributed by atoms with van der Waals surface area (Å²) >= 11 is 0. The molecule has 1 aromatic rings. The van der Waals surface area contributed by atoms with E-state index < -0.39 is 0 Å². The summed E-state index contributed by atoms with van der Waals surface area (Å²) in [6.45, 7) is 4.49. The molecule has 3 saturated heterocycles. The van der Waals surface area contributed by atoms with Gasteiger partial charge in [-0.15, -0.1) is 0 Å². The molecule has 3 aliphatic rings. The quantitative estimate of drug-likeness (QED) is 0.847. The fourth-order valence-corrected chi connectivity index (χ4v) is 4.33. The summed E-state index contributed by atoms with van der Waals surface area (Å²) in [4.78, 5) is 25.3. The second-order valence-corrected chi connectivity index (χ2v) is 7.39. The Labute approximate surface area is 143 Å². The number of rotatable bonds is 3. The summed E-state index contributed by atoms with van der Waals surface area (Å²) in [6.07, 6.45) is 9.59. The molecule has 24 heavy (non-hydrogen) atoms. The first-order chi connectivity index (χ1) is 11.7. The predicted molar refractivity (Wildman–Crippen MR) is 90.7 cm³/mol. The minimum Gasteiger partial charge on any atom is -0.375 e.